The molecule has 3 unspecified atom stereocenters. The fourth-order valence-corrected chi connectivity index (χ4v) is 3.82. The Hall–Kier alpha value is -0.650. The average Bonchev–Trinajstić information content (AvgIpc) is 2.79. The number of hydrogen-bond acceptors (Lipinski definition) is 4. The van der Waals surface area contributed by atoms with E-state index in [-0.39, 0.29) is 11.8 Å². The van der Waals surface area contributed by atoms with E-state index in [0.717, 1.165) is 38.8 Å². The molecule has 2 rings (SSSR count). The summed E-state index contributed by atoms with van der Waals surface area (Å²) in [6, 6.07) is 0.658. The Morgan fingerprint density at radius 1 is 1.35 bits per heavy atom. The molecule has 5 heteroatoms. The zero-order valence-electron chi connectivity index (χ0n) is 13.0. The first-order valence-corrected chi connectivity index (χ1v) is 7.91. The van der Waals surface area contributed by atoms with Gasteiger partial charge in [0.2, 0.25) is 5.91 Å². The van der Waals surface area contributed by atoms with Crippen molar-refractivity contribution in [3.63, 3.8) is 0 Å². The summed E-state index contributed by atoms with van der Waals surface area (Å²) in [7, 11) is 4.31. The number of rotatable bonds is 5. The highest BCUT2D eigenvalue weighted by Gasteiger charge is 2.44. The molecule has 1 amide bonds. The highest BCUT2D eigenvalue weighted by Crippen LogP contribution is 2.36. The van der Waals surface area contributed by atoms with Crippen LogP contribution in [0.4, 0.5) is 0 Å². The zero-order chi connectivity index (χ0) is 14.8. The van der Waals surface area contributed by atoms with E-state index in [0.29, 0.717) is 6.04 Å². The van der Waals surface area contributed by atoms with Gasteiger partial charge in [-0.2, -0.15) is 0 Å². The van der Waals surface area contributed by atoms with E-state index in [2.05, 4.69) is 23.9 Å². The zero-order valence-corrected chi connectivity index (χ0v) is 13.0. The highest BCUT2D eigenvalue weighted by atomic mass is 16.1. The molecule has 1 aliphatic heterocycles. The van der Waals surface area contributed by atoms with Gasteiger partial charge < -0.3 is 21.3 Å². The molecule has 0 aromatic carbocycles. The van der Waals surface area contributed by atoms with Gasteiger partial charge in [-0.05, 0) is 65.2 Å². The molecule has 3 atom stereocenters. The fourth-order valence-electron chi connectivity index (χ4n) is 3.82. The van der Waals surface area contributed by atoms with E-state index in [1.807, 2.05) is 0 Å². The molecule has 20 heavy (non-hydrogen) atoms. The third-order valence-corrected chi connectivity index (χ3v) is 5.34. The third kappa shape index (κ3) is 3.32. The van der Waals surface area contributed by atoms with Crippen molar-refractivity contribution in [2.75, 3.05) is 33.7 Å². The van der Waals surface area contributed by atoms with Gasteiger partial charge in [0.15, 0.2) is 0 Å². The molecule has 1 saturated heterocycles. The number of nitrogens with two attached hydrogens (primary N) is 2. The van der Waals surface area contributed by atoms with Crippen molar-refractivity contribution in [2.45, 2.75) is 50.1 Å². The standard InChI is InChI=1S/C15H30N4O/c1-18(2)13-6-4-9-19(11-13)10-7-12-5-3-8-15(12,17)14(16)20/h12-13H,3-11,17H2,1-2H3,(H2,16,20). The van der Waals surface area contributed by atoms with E-state index < -0.39 is 5.54 Å². The van der Waals surface area contributed by atoms with Crippen molar-refractivity contribution >= 4 is 5.91 Å². The van der Waals surface area contributed by atoms with Gasteiger partial charge in [0.25, 0.3) is 0 Å². The van der Waals surface area contributed by atoms with Crippen LogP contribution in [0.25, 0.3) is 0 Å². The number of amides is 1. The van der Waals surface area contributed by atoms with E-state index >= 15 is 0 Å². The van der Waals surface area contributed by atoms with Crippen LogP contribution in [0, 0.1) is 5.92 Å². The maximum atomic E-state index is 11.6. The molecule has 4 N–H and O–H groups in total. The van der Waals surface area contributed by atoms with Crippen LogP contribution < -0.4 is 11.5 Å². The van der Waals surface area contributed by atoms with Crippen LogP contribution in [0.5, 0.6) is 0 Å². The summed E-state index contributed by atoms with van der Waals surface area (Å²) >= 11 is 0. The molecule has 0 aromatic heterocycles. The number of carbonyl (C=O) groups excluding carboxylic acids is 1. The van der Waals surface area contributed by atoms with Crippen LogP contribution in [0.1, 0.15) is 38.5 Å². The first kappa shape index (κ1) is 15.7. The summed E-state index contributed by atoms with van der Waals surface area (Å²) in [6.45, 7) is 3.35. The second kappa shape index (κ2) is 6.41. The lowest BCUT2D eigenvalue weighted by Gasteiger charge is -2.37. The van der Waals surface area contributed by atoms with Gasteiger partial charge in [-0.3, -0.25) is 4.79 Å². The minimum Gasteiger partial charge on any atom is -0.368 e. The molecule has 0 aromatic rings. The van der Waals surface area contributed by atoms with Crippen LogP contribution in [0.3, 0.4) is 0 Å². The van der Waals surface area contributed by atoms with Crippen molar-refractivity contribution in [2.24, 2.45) is 17.4 Å². The third-order valence-electron chi connectivity index (χ3n) is 5.34. The highest BCUT2D eigenvalue weighted by molar-refractivity contribution is 5.85. The minimum atomic E-state index is -0.753. The number of likely N-dealkylation sites (N-methyl/N-ethyl adjacent to an activating group) is 1. The Bertz CT molecular complexity index is 347. The topological polar surface area (TPSA) is 75.6 Å². The monoisotopic (exact) mass is 282 g/mol. The number of likely N-dealkylation sites (tertiary alicyclic amines) is 1. The normalized spacial score (nSPS) is 35.6. The predicted octanol–water partition coefficient (Wildman–Crippen LogP) is 0.385. The molecule has 1 aliphatic carbocycles. The predicted molar refractivity (Wildman–Crippen MR) is 81.2 cm³/mol. The van der Waals surface area contributed by atoms with Crippen LogP contribution >= 0.6 is 0 Å². The smallest absolute Gasteiger partial charge is 0.237 e. The largest absolute Gasteiger partial charge is 0.368 e. The van der Waals surface area contributed by atoms with Crippen LogP contribution in [0.15, 0.2) is 0 Å². The van der Waals surface area contributed by atoms with Gasteiger partial charge in [0, 0.05) is 12.6 Å². The summed E-state index contributed by atoms with van der Waals surface area (Å²) in [5, 5.41) is 0. The molecule has 116 valence electrons. The first-order chi connectivity index (χ1) is 9.43. The fraction of sp³-hybridized carbons (Fsp3) is 0.933. The molecule has 2 fully saturated rings. The van der Waals surface area contributed by atoms with E-state index in [1.165, 1.54) is 19.4 Å². The van der Waals surface area contributed by atoms with Crippen LogP contribution in [-0.2, 0) is 4.79 Å². The molecular weight excluding hydrogens is 252 g/mol. The second-order valence-corrected chi connectivity index (χ2v) is 6.84. The average molecular weight is 282 g/mol. The molecule has 0 radical (unpaired) electrons. The Morgan fingerprint density at radius 2 is 2.10 bits per heavy atom. The van der Waals surface area contributed by atoms with E-state index in [4.69, 9.17) is 11.5 Å². The number of nitrogens with zero attached hydrogens (tertiary/aromatic N) is 2. The molecule has 1 saturated carbocycles. The Balaban J connectivity index is 1.84. The van der Waals surface area contributed by atoms with Gasteiger partial charge in [0.1, 0.15) is 0 Å². The lowest BCUT2D eigenvalue weighted by molar-refractivity contribution is -0.124. The lowest BCUT2D eigenvalue weighted by Crippen LogP contribution is -2.55. The van der Waals surface area contributed by atoms with Gasteiger partial charge in [0.05, 0.1) is 5.54 Å². The molecule has 0 bridgehead atoms. The maximum Gasteiger partial charge on any atom is 0.237 e. The summed E-state index contributed by atoms with van der Waals surface area (Å²) in [4.78, 5) is 16.4. The van der Waals surface area contributed by atoms with Crippen LogP contribution in [-0.4, -0.2) is 61.0 Å². The molecule has 5 nitrogen and oxygen atoms in total. The number of piperidine rings is 1. The summed E-state index contributed by atoms with van der Waals surface area (Å²) < 4.78 is 0. The SMILES string of the molecule is CN(C)C1CCCN(CCC2CCCC2(N)C(N)=O)C1. The number of hydrogen-bond donors (Lipinski definition) is 2. The van der Waals surface area contributed by atoms with E-state index in [9.17, 15) is 4.79 Å². The Kier molecular flexibility index (Phi) is 5.04. The summed E-state index contributed by atoms with van der Waals surface area (Å²) in [5.74, 6) is -0.0513. The molecule has 1 heterocycles. The molecular formula is C15H30N4O. The van der Waals surface area contributed by atoms with Gasteiger partial charge in [-0.1, -0.05) is 6.42 Å². The van der Waals surface area contributed by atoms with Crippen LogP contribution in [0.2, 0.25) is 0 Å². The Morgan fingerprint density at radius 3 is 2.75 bits per heavy atom. The molecule has 2 aliphatic rings. The minimum absolute atomic E-state index is 0.264. The van der Waals surface area contributed by atoms with Gasteiger partial charge >= 0.3 is 0 Å². The van der Waals surface area contributed by atoms with Gasteiger partial charge in [-0.25, -0.2) is 0 Å². The first-order valence-electron chi connectivity index (χ1n) is 7.91. The van der Waals surface area contributed by atoms with Gasteiger partial charge in [-0.15, -0.1) is 0 Å². The lowest BCUT2D eigenvalue weighted by atomic mass is 9.84. The summed E-state index contributed by atoms with van der Waals surface area (Å²) in [5.41, 5.74) is 11.0. The maximum absolute atomic E-state index is 11.6. The van der Waals surface area contributed by atoms with Crippen molar-refractivity contribution in [1.29, 1.82) is 0 Å². The van der Waals surface area contributed by atoms with Crippen molar-refractivity contribution in [3.8, 4) is 0 Å². The number of carbonyl (C=O) groups is 1. The van der Waals surface area contributed by atoms with E-state index in [1.54, 1.807) is 0 Å². The Labute approximate surface area is 122 Å². The van der Waals surface area contributed by atoms with Crippen molar-refractivity contribution < 1.29 is 4.79 Å². The van der Waals surface area contributed by atoms with Crippen molar-refractivity contribution in [3.05, 3.63) is 0 Å². The number of primary amides is 1. The summed E-state index contributed by atoms with van der Waals surface area (Å²) in [6.07, 6.45) is 6.38. The van der Waals surface area contributed by atoms with Crippen molar-refractivity contribution in [1.82, 2.24) is 9.80 Å². The second-order valence-electron chi connectivity index (χ2n) is 6.84. The molecule has 0 spiro atoms. The quantitative estimate of drug-likeness (QED) is 0.764.